The zero-order valence-corrected chi connectivity index (χ0v) is 10.8. The largest absolute Gasteiger partial charge is 0.330 e. The number of sulfonamides is 1. The van der Waals surface area contributed by atoms with Crippen LogP contribution >= 0.6 is 0 Å². The lowest BCUT2D eigenvalue weighted by molar-refractivity contribution is 0.220. The summed E-state index contributed by atoms with van der Waals surface area (Å²) in [5.74, 6) is 0.639. The van der Waals surface area contributed by atoms with E-state index < -0.39 is 10.0 Å². The Hall–Kier alpha value is -0.170. The maximum Gasteiger partial charge on any atom is 0.211 e. The lowest BCUT2D eigenvalue weighted by Gasteiger charge is -2.28. The van der Waals surface area contributed by atoms with Gasteiger partial charge in [-0.3, -0.25) is 0 Å². The van der Waals surface area contributed by atoms with Crippen LogP contribution in [-0.4, -0.2) is 52.3 Å². The standard InChI is InChI=1S/C10H23N3O2S/c1-13-6-3-10(4-7-13)9-12-16(14,15)8-2-5-11/h10,12H,2-9,11H2,1H3. The van der Waals surface area contributed by atoms with Gasteiger partial charge in [-0.2, -0.15) is 0 Å². The second kappa shape index (κ2) is 6.54. The molecular formula is C10H23N3O2S. The number of nitrogens with zero attached hydrogens (tertiary/aromatic N) is 1. The molecule has 1 fully saturated rings. The summed E-state index contributed by atoms with van der Waals surface area (Å²) in [5.41, 5.74) is 5.29. The van der Waals surface area contributed by atoms with E-state index in [2.05, 4.69) is 16.7 Å². The molecule has 0 aromatic heterocycles. The smallest absolute Gasteiger partial charge is 0.211 e. The van der Waals surface area contributed by atoms with Crippen molar-refractivity contribution in [2.45, 2.75) is 19.3 Å². The molecule has 0 radical (unpaired) electrons. The molecule has 0 aromatic rings. The van der Waals surface area contributed by atoms with E-state index in [4.69, 9.17) is 5.73 Å². The molecule has 0 saturated carbocycles. The van der Waals surface area contributed by atoms with Crippen molar-refractivity contribution in [3.63, 3.8) is 0 Å². The summed E-state index contributed by atoms with van der Waals surface area (Å²) in [6.07, 6.45) is 2.69. The number of piperidine rings is 1. The third-order valence-corrected chi connectivity index (χ3v) is 4.48. The van der Waals surface area contributed by atoms with Crippen LogP contribution in [0, 0.1) is 5.92 Å². The van der Waals surface area contributed by atoms with Crippen LogP contribution in [0.2, 0.25) is 0 Å². The normalized spacial score (nSPS) is 20.1. The van der Waals surface area contributed by atoms with Gasteiger partial charge in [-0.25, -0.2) is 13.1 Å². The molecule has 16 heavy (non-hydrogen) atoms. The zero-order chi connectivity index (χ0) is 12.0. The molecule has 0 spiro atoms. The molecule has 1 heterocycles. The highest BCUT2D eigenvalue weighted by Crippen LogP contribution is 2.14. The van der Waals surface area contributed by atoms with Gasteiger partial charge in [0.1, 0.15) is 0 Å². The highest BCUT2D eigenvalue weighted by Gasteiger charge is 2.18. The molecule has 1 aliphatic rings. The van der Waals surface area contributed by atoms with E-state index in [1.807, 2.05) is 0 Å². The summed E-state index contributed by atoms with van der Waals surface area (Å²) < 4.78 is 25.7. The van der Waals surface area contributed by atoms with Crippen molar-refractivity contribution in [2.75, 3.05) is 39.0 Å². The highest BCUT2D eigenvalue weighted by atomic mass is 32.2. The first-order chi connectivity index (χ1) is 7.53. The van der Waals surface area contributed by atoms with Gasteiger partial charge in [-0.05, 0) is 51.9 Å². The van der Waals surface area contributed by atoms with Crippen molar-refractivity contribution in [1.82, 2.24) is 9.62 Å². The predicted molar refractivity (Wildman–Crippen MR) is 65.7 cm³/mol. The lowest BCUT2D eigenvalue weighted by Crippen LogP contribution is -2.37. The Labute approximate surface area is 98.4 Å². The van der Waals surface area contributed by atoms with E-state index in [9.17, 15) is 8.42 Å². The first kappa shape index (κ1) is 13.9. The summed E-state index contributed by atoms with van der Waals surface area (Å²) in [5, 5.41) is 0. The molecule has 3 N–H and O–H groups in total. The second-order valence-corrected chi connectivity index (χ2v) is 6.48. The Morgan fingerprint density at radius 1 is 1.38 bits per heavy atom. The Kier molecular flexibility index (Phi) is 5.68. The molecular weight excluding hydrogens is 226 g/mol. The van der Waals surface area contributed by atoms with E-state index >= 15 is 0 Å². The van der Waals surface area contributed by atoms with E-state index in [-0.39, 0.29) is 5.75 Å². The van der Waals surface area contributed by atoms with Crippen LogP contribution in [0.5, 0.6) is 0 Å². The number of likely N-dealkylation sites (tertiary alicyclic amines) is 1. The van der Waals surface area contributed by atoms with Crippen LogP contribution in [-0.2, 0) is 10.0 Å². The minimum absolute atomic E-state index is 0.149. The van der Waals surface area contributed by atoms with E-state index in [0.717, 1.165) is 25.9 Å². The van der Waals surface area contributed by atoms with Crippen LogP contribution in [0.15, 0.2) is 0 Å². The van der Waals surface area contributed by atoms with Gasteiger partial charge in [0.25, 0.3) is 0 Å². The Bertz CT molecular complexity index is 284. The van der Waals surface area contributed by atoms with Crippen molar-refractivity contribution in [1.29, 1.82) is 0 Å². The second-order valence-electron chi connectivity index (χ2n) is 4.56. The van der Waals surface area contributed by atoms with Crippen LogP contribution in [0.25, 0.3) is 0 Å². The number of hydrogen-bond acceptors (Lipinski definition) is 4. The summed E-state index contributed by atoms with van der Waals surface area (Å²) in [6.45, 7) is 3.14. The molecule has 0 aromatic carbocycles. The maximum atomic E-state index is 11.5. The summed E-state index contributed by atoms with van der Waals surface area (Å²) >= 11 is 0. The first-order valence-electron chi connectivity index (χ1n) is 5.89. The average Bonchev–Trinajstić information content (AvgIpc) is 2.26. The number of nitrogens with two attached hydrogens (primary N) is 1. The Morgan fingerprint density at radius 2 is 2.00 bits per heavy atom. The molecule has 1 aliphatic heterocycles. The fourth-order valence-electron chi connectivity index (χ4n) is 1.86. The molecule has 0 amide bonds. The zero-order valence-electron chi connectivity index (χ0n) is 9.98. The fourth-order valence-corrected chi connectivity index (χ4v) is 3.04. The third kappa shape index (κ3) is 5.25. The lowest BCUT2D eigenvalue weighted by atomic mass is 9.98. The van der Waals surface area contributed by atoms with Gasteiger partial charge < -0.3 is 10.6 Å². The van der Waals surface area contributed by atoms with E-state index in [1.54, 1.807) is 0 Å². The highest BCUT2D eigenvalue weighted by molar-refractivity contribution is 7.89. The van der Waals surface area contributed by atoms with E-state index in [1.165, 1.54) is 0 Å². The maximum absolute atomic E-state index is 11.5. The molecule has 0 unspecified atom stereocenters. The quantitative estimate of drug-likeness (QED) is 0.671. The van der Waals surface area contributed by atoms with E-state index in [0.29, 0.717) is 25.4 Å². The minimum Gasteiger partial charge on any atom is -0.330 e. The molecule has 6 heteroatoms. The van der Waals surface area contributed by atoms with Crippen molar-refractivity contribution < 1.29 is 8.42 Å². The monoisotopic (exact) mass is 249 g/mol. The Morgan fingerprint density at radius 3 is 2.56 bits per heavy atom. The topological polar surface area (TPSA) is 75.4 Å². The predicted octanol–water partition coefficient (Wildman–Crippen LogP) is -0.404. The van der Waals surface area contributed by atoms with Gasteiger partial charge in [0.2, 0.25) is 10.0 Å². The van der Waals surface area contributed by atoms with Gasteiger partial charge in [0.05, 0.1) is 5.75 Å². The number of rotatable bonds is 6. The first-order valence-corrected chi connectivity index (χ1v) is 7.54. The molecule has 5 nitrogen and oxygen atoms in total. The van der Waals surface area contributed by atoms with Crippen molar-refractivity contribution >= 4 is 10.0 Å². The molecule has 1 rings (SSSR count). The van der Waals surface area contributed by atoms with Crippen LogP contribution in [0.3, 0.4) is 0 Å². The summed E-state index contributed by atoms with van der Waals surface area (Å²) in [4.78, 5) is 2.28. The van der Waals surface area contributed by atoms with Gasteiger partial charge in [-0.1, -0.05) is 0 Å². The molecule has 0 atom stereocenters. The van der Waals surface area contributed by atoms with Gasteiger partial charge >= 0.3 is 0 Å². The molecule has 96 valence electrons. The van der Waals surface area contributed by atoms with Crippen LogP contribution in [0.4, 0.5) is 0 Å². The van der Waals surface area contributed by atoms with Crippen LogP contribution < -0.4 is 10.5 Å². The Balaban J connectivity index is 2.23. The van der Waals surface area contributed by atoms with Crippen molar-refractivity contribution in [3.05, 3.63) is 0 Å². The average molecular weight is 249 g/mol. The van der Waals surface area contributed by atoms with Crippen molar-refractivity contribution in [3.8, 4) is 0 Å². The molecule has 0 aliphatic carbocycles. The molecule has 1 saturated heterocycles. The number of hydrogen-bond donors (Lipinski definition) is 2. The SMILES string of the molecule is CN1CCC(CNS(=O)(=O)CCCN)CC1. The number of nitrogens with one attached hydrogen (secondary N) is 1. The van der Waals surface area contributed by atoms with Gasteiger partial charge in [0.15, 0.2) is 0 Å². The van der Waals surface area contributed by atoms with Crippen LogP contribution in [0.1, 0.15) is 19.3 Å². The van der Waals surface area contributed by atoms with Gasteiger partial charge in [-0.15, -0.1) is 0 Å². The fraction of sp³-hybridized carbons (Fsp3) is 1.00. The minimum atomic E-state index is -3.10. The van der Waals surface area contributed by atoms with Crippen molar-refractivity contribution in [2.24, 2.45) is 11.7 Å². The summed E-state index contributed by atoms with van der Waals surface area (Å²) in [6, 6.07) is 0. The molecule has 0 bridgehead atoms. The van der Waals surface area contributed by atoms with Gasteiger partial charge in [0, 0.05) is 6.54 Å². The summed E-state index contributed by atoms with van der Waals surface area (Å²) in [7, 11) is -1.00. The third-order valence-electron chi connectivity index (χ3n) is 3.05.